The summed E-state index contributed by atoms with van der Waals surface area (Å²) in [7, 11) is -2.57. The van der Waals surface area contributed by atoms with Crippen LogP contribution in [0, 0.1) is 5.82 Å². The molecule has 5 aromatic rings. The van der Waals surface area contributed by atoms with E-state index in [4.69, 9.17) is 4.42 Å². The largest absolute Gasteiger partial charge is 0.455 e. The number of sulfonamides is 1. The molecule has 1 saturated heterocycles. The molecule has 0 radical (unpaired) electrons. The van der Waals surface area contributed by atoms with Gasteiger partial charge in [-0.05, 0) is 66.6 Å². The molecule has 276 valence electrons. The van der Waals surface area contributed by atoms with Gasteiger partial charge in [-0.25, -0.2) is 17.2 Å². The average Bonchev–Trinajstić information content (AvgIpc) is 3.54. The molecule has 6 rings (SSSR count). The van der Waals surface area contributed by atoms with E-state index in [0.29, 0.717) is 59.3 Å². The van der Waals surface area contributed by atoms with Crippen LogP contribution in [0.3, 0.4) is 0 Å². The van der Waals surface area contributed by atoms with Crippen molar-refractivity contribution in [3.63, 3.8) is 0 Å². The van der Waals surface area contributed by atoms with E-state index in [0.717, 1.165) is 17.0 Å². The first-order valence-electron chi connectivity index (χ1n) is 17.3. The van der Waals surface area contributed by atoms with Crippen LogP contribution in [0.2, 0.25) is 0 Å². The maximum atomic E-state index is 14.2. The van der Waals surface area contributed by atoms with E-state index in [1.54, 1.807) is 52.3 Å². The molecule has 1 fully saturated rings. The fraction of sp³-hybridized carbons (Fsp3) is 0.275. The van der Waals surface area contributed by atoms with Crippen molar-refractivity contribution in [3.05, 3.63) is 114 Å². The van der Waals surface area contributed by atoms with Gasteiger partial charge in [0, 0.05) is 66.4 Å². The Labute approximate surface area is 307 Å². The summed E-state index contributed by atoms with van der Waals surface area (Å²) in [6.45, 7) is 1.59. The molecule has 1 atom stereocenters. The van der Waals surface area contributed by atoms with Gasteiger partial charge in [0.15, 0.2) is 0 Å². The quantitative estimate of drug-likeness (QED) is 0.160. The second kappa shape index (κ2) is 15.6. The fourth-order valence-corrected chi connectivity index (χ4v) is 7.81. The Morgan fingerprint density at radius 2 is 1.62 bits per heavy atom. The number of rotatable bonds is 11. The van der Waals surface area contributed by atoms with E-state index in [-0.39, 0.29) is 40.5 Å². The van der Waals surface area contributed by atoms with Crippen molar-refractivity contribution >= 4 is 44.4 Å². The molecule has 1 aliphatic rings. The standard InChI is InChI=1S/C40H40F2N4O6S/c1-4-9-31-25-44(39(48)27-10-6-5-7-11-27)20-21-45(31)40(49)29-13-8-12-28(22-29)32-23-33-35(24-34(32)46(19-18-41)53(3,50)51)52-37(36(33)38(47)43-2)26-14-16-30(42)17-15-26/h5-8,10-17,22-24,31H,4,9,18-21,25H2,1-3H3,(H,43,47). The minimum absolute atomic E-state index is 0.0852. The third-order valence-corrected chi connectivity index (χ3v) is 10.6. The zero-order chi connectivity index (χ0) is 37.9. The first kappa shape index (κ1) is 37.2. The Morgan fingerprint density at radius 3 is 2.28 bits per heavy atom. The average molecular weight is 743 g/mol. The molecule has 0 bridgehead atoms. The third-order valence-electron chi connectivity index (χ3n) is 9.42. The number of nitrogens with zero attached hydrogens (tertiary/aromatic N) is 3. The predicted molar refractivity (Wildman–Crippen MR) is 201 cm³/mol. The minimum atomic E-state index is -4.03. The number of fused-ring (bicyclic) bond motifs is 1. The molecule has 1 aliphatic heterocycles. The van der Waals surface area contributed by atoms with Gasteiger partial charge in [0.25, 0.3) is 17.7 Å². The minimum Gasteiger partial charge on any atom is -0.455 e. The van der Waals surface area contributed by atoms with Crippen molar-refractivity contribution in [3.8, 4) is 22.5 Å². The lowest BCUT2D eigenvalue weighted by atomic mass is 9.96. The summed E-state index contributed by atoms with van der Waals surface area (Å²) >= 11 is 0. The molecule has 0 spiro atoms. The number of alkyl halides is 1. The Balaban J connectivity index is 1.44. The maximum absolute atomic E-state index is 14.2. The second-order valence-corrected chi connectivity index (χ2v) is 14.8. The first-order chi connectivity index (χ1) is 25.4. The summed E-state index contributed by atoms with van der Waals surface area (Å²) in [6.07, 6.45) is 2.44. The molecular formula is C40H40F2N4O6S. The summed E-state index contributed by atoms with van der Waals surface area (Å²) in [5, 5.41) is 2.94. The second-order valence-electron chi connectivity index (χ2n) is 12.9. The van der Waals surface area contributed by atoms with E-state index in [1.807, 2.05) is 25.1 Å². The summed E-state index contributed by atoms with van der Waals surface area (Å²) in [4.78, 5) is 44.4. The SMILES string of the molecule is CCCC1CN(C(=O)c2ccccc2)CCN1C(=O)c1cccc(-c2cc3c(C(=O)NC)c(-c4ccc(F)cc4)oc3cc2N(CCF)S(C)(=O)=O)c1. The van der Waals surface area contributed by atoms with Crippen LogP contribution >= 0.6 is 0 Å². The lowest BCUT2D eigenvalue weighted by Gasteiger charge is -2.41. The Hall–Kier alpha value is -5.56. The number of anilines is 1. The van der Waals surface area contributed by atoms with E-state index in [9.17, 15) is 31.6 Å². The van der Waals surface area contributed by atoms with Crippen LogP contribution in [-0.2, 0) is 10.0 Å². The van der Waals surface area contributed by atoms with Crippen LogP contribution in [0.1, 0.15) is 50.8 Å². The Kier molecular flexibility index (Phi) is 10.9. The zero-order valence-electron chi connectivity index (χ0n) is 29.6. The number of nitrogens with one attached hydrogen (secondary N) is 1. The molecule has 0 aliphatic carbocycles. The van der Waals surface area contributed by atoms with Crippen molar-refractivity contribution < 1.29 is 36.0 Å². The maximum Gasteiger partial charge on any atom is 0.255 e. The van der Waals surface area contributed by atoms with Crippen molar-refractivity contribution in [2.24, 2.45) is 0 Å². The topological polar surface area (TPSA) is 120 Å². The first-order valence-corrected chi connectivity index (χ1v) is 19.2. The number of furan rings is 1. The molecule has 10 nitrogen and oxygen atoms in total. The van der Waals surface area contributed by atoms with Gasteiger partial charge in [0.1, 0.15) is 23.8 Å². The van der Waals surface area contributed by atoms with Crippen molar-refractivity contribution in [1.29, 1.82) is 0 Å². The highest BCUT2D eigenvalue weighted by Crippen LogP contribution is 2.42. The van der Waals surface area contributed by atoms with Crippen LogP contribution in [0.25, 0.3) is 33.4 Å². The van der Waals surface area contributed by atoms with Gasteiger partial charge < -0.3 is 19.5 Å². The summed E-state index contributed by atoms with van der Waals surface area (Å²) < 4.78 is 61.1. The zero-order valence-corrected chi connectivity index (χ0v) is 30.5. The summed E-state index contributed by atoms with van der Waals surface area (Å²) in [5.41, 5.74) is 2.45. The highest BCUT2D eigenvalue weighted by atomic mass is 32.2. The monoisotopic (exact) mass is 742 g/mol. The summed E-state index contributed by atoms with van der Waals surface area (Å²) in [5.74, 6) is -1.19. The normalized spacial score (nSPS) is 14.7. The van der Waals surface area contributed by atoms with Gasteiger partial charge in [0.05, 0.1) is 24.1 Å². The fourth-order valence-electron chi connectivity index (χ4n) is 6.90. The van der Waals surface area contributed by atoms with Gasteiger partial charge in [0.2, 0.25) is 10.0 Å². The molecule has 53 heavy (non-hydrogen) atoms. The predicted octanol–water partition coefficient (Wildman–Crippen LogP) is 6.77. The van der Waals surface area contributed by atoms with Crippen LogP contribution in [0.4, 0.5) is 14.5 Å². The molecule has 1 N–H and O–H groups in total. The number of piperazine rings is 1. The van der Waals surface area contributed by atoms with E-state index in [2.05, 4.69) is 5.32 Å². The number of hydrogen-bond acceptors (Lipinski definition) is 6. The lowest BCUT2D eigenvalue weighted by Crippen LogP contribution is -2.56. The molecule has 1 aromatic heterocycles. The van der Waals surface area contributed by atoms with Crippen LogP contribution in [0.15, 0.2) is 95.4 Å². The lowest BCUT2D eigenvalue weighted by molar-refractivity contribution is 0.0371. The van der Waals surface area contributed by atoms with Gasteiger partial charge in [-0.2, -0.15) is 0 Å². The van der Waals surface area contributed by atoms with E-state index < -0.39 is 35.0 Å². The molecule has 13 heteroatoms. The molecule has 3 amide bonds. The molecular weight excluding hydrogens is 703 g/mol. The Bertz CT molecular complexity index is 2260. The van der Waals surface area contributed by atoms with Gasteiger partial charge >= 0.3 is 0 Å². The molecule has 1 unspecified atom stereocenters. The Morgan fingerprint density at radius 1 is 0.906 bits per heavy atom. The molecule has 0 saturated carbocycles. The number of amides is 3. The van der Waals surface area contributed by atoms with E-state index >= 15 is 0 Å². The van der Waals surface area contributed by atoms with Gasteiger partial charge in [-0.3, -0.25) is 18.7 Å². The number of hydrogen-bond donors (Lipinski definition) is 1. The van der Waals surface area contributed by atoms with Gasteiger partial charge in [-0.1, -0.05) is 43.7 Å². The van der Waals surface area contributed by atoms with E-state index in [1.165, 1.54) is 37.4 Å². The van der Waals surface area contributed by atoms with Crippen molar-refractivity contribution in [2.45, 2.75) is 25.8 Å². The number of benzene rings is 4. The number of carbonyl (C=O) groups is 3. The highest BCUT2D eigenvalue weighted by molar-refractivity contribution is 7.92. The molecule has 4 aromatic carbocycles. The highest BCUT2D eigenvalue weighted by Gasteiger charge is 2.33. The smallest absolute Gasteiger partial charge is 0.255 e. The van der Waals surface area contributed by atoms with Crippen LogP contribution < -0.4 is 9.62 Å². The van der Waals surface area contributed by atoms with Crippen molar-refractivity contribution in [2.75, 3.05) is 50.5 Å². The van der Waals surface area contributed by atoms with Crippen molar-refractivity contribution in [1.82, 2.24) is 15.1 Å². The number of carbonyl (C=O) groups excluding carboxylic acids is 3. The van der Waals surface area contributed by atoms with Crippen LogP contribution in [-0.4, -0.2) is 88.1 Å². The van der Waals surface area contributed by atoms with Gasteiger partial charge in [-0.15, -0.1) is 0 Å². The third kappa shape index (κ3) is 7.66. The molecule has 2 heterocycles. The number of halogens is 2. The summed E-state index contributed by atoms with van der Waals surface area (Å²) in [6, 6.07) is 23.9. The van der Waals surface area contributed by atoms with Crippen LogP contribution in [0.5, 0.6) is 0 Å².